The Morgan fingerprint density at radius 2 is 2.07 bits per heavy atom. The maximum Gasteiger partial charge on any atom is 0.223 e. The molecule has 3 fully saturated rings. The van der Waals surface area contributed by atoms with Gasteiger partial charge in [0.2, 0.25) is 15.9 Å². The molecular formula is C18H29N5O3S. The molecule has 4 rings (SSSR count). The maximum absolute atomic E-state index is 12.7. The molecule has 4 atom stereocenters. The van der Waals surface area contributed by atoms with E-state index in [1.807, 2.05) is 29.0 Å². The number of likely N-dealkylation sites (tertiary alicyclic amines) is 1. The lowest BCUT2D eigenvalue weighted by Gasteiger charge is -2.56. The smallest absolute Gasteiger partial charge is 0.223 e. The van der Waals surface area contributed by atoms with Crippen LogP contribution in [-0.4, -0.2) is 71.9 Å². The van der Waals surface area contributed by atoms with Crippen LogP contribution in [0.1, 0.15) is 31.2 Å². The zero-order valence-electron chi connectivity index (χ0n) is 16.0. The number of rotatable bonds is 5. The van der Waals surface area contributed by atoms with E-state index in [2.05, 4.69) is 14.7 Å². The molecule has 0 saturated carbocycles. The second-order valence-corrected chi connectivity index (χ2v) is 10.3. The van der Waals surface area contributed by atoms with Gasteiger partial charge in [-0.15, -0.1) is 0 Å². The molecule has 2 bridgehead atoms. The van der Waals surface area contributed by atoms with Crippen molar-refractivity contribution in [2.24, 2.45) is 18.9 Å². The van der Waals surface area contributed by atoms with E-state index in [4.69, 9.17) is 0 Å². The molecule has 0 spiro atoms. The first kappa shape index (κ1) is 18.9. The van der Waals surface area contributed by atoms with Crippen LogP contribution in [0, 0.1) is 11.8 Å². The average molecular weight is 396 g/mol. The van der Waals surface area contributed by atoms with Crippen molar-refractivity contribution in [2.75, 3.05) is 25.9 Å². The number of aromatic nitrogens is 2. The molecule has 1 amide bonds. The zero-order valence-corrected chi connectivity index (χ0v) is 16.9. The van der Waals surface area contributed by atoms with Crippen LogP contribution in [0.2, 0.25) is 0 Å². The highest BCUT2D eigenvalue weighted by Gasteiger charge is 2.49. The fraction of sp³-hybridized carbons (Fsp3) is 0.778. The van der Waals surface area contributed by atoms with Gasteiger partial charge in [-0.1, -0.05) is 0 Å². The number of nitrogens with one attached hydrogen (secondary N) is 1. The molecule has 0 aromatic carbocycles. The SMILES string of the molecule is Cn1cc(CN2C[C@H]3C[C@@H](C2)[C@H](CNS(C)(=O)=O)N2C(=O)CCC[C@@H]32)cn1. The number of piperidine rings is 3. The third kappa shape index (κ3) is 4.05. The van der Waals surface area contributed by atoms with Gasteiger partial charge in [-0.25, -0.2) is 13.1 Å². The molecule has 4 heterocycles. The first-order valence-corrected chi connectivity index (χ1v) is 11.6. The van der Waals surface area contributed by atoms with E-state index in [1.165, 1.54) is 11.8 Å². The second kappa shape index (κ2) is 7.18. The number of hydrogen-bond acceptors (Lipinski definition) is 5. The van der Waals surface area contributed by atoms with Gasteiger partial charge in [0.15, 0.2) is 0 Å². The summed E-state index contributed by atoms with van der Waals surface area (Å²) in [5.41, 5.74) is 1.19. The molecule has 0 unspecified atom stereocenters. The Labute approximate surface area is 160 Å². The Hall–Kier alpha value is -1.45. The Morgan fingerprint density at radius 3 is 2.78 bits per heavy atom. The van der Waals surface area contributed by atoms with Gasteiger partial charge in [0.05, 0.1) is 12.5 Å². The predicted octanol–water partition coefficient (Wildman–Crippen LogP) is 0.171. The standard InChI is InChI=1S/C18H29N5O3S/c1-21-9-13(7-19-21)10-22-11-14-6-15(12-22)17(8-20-27(2,25)26)23-16(14)4-3-5-18(23)24/h7,9,14-17,20H,3-6,8,10-12H2,1-2H3/t14-,15+,16+,17+/m1/s1. The lowest BCUT2D eigenvalue weighted by Crippen LogP contribution is -2.66. The van der Waals surface area contributed by atoms with Crippen LogP contribution in [-0.2, 0) is 28.4 Å². The van der Waals surface area contributed by atoms with Gasteiger partial charge in [-0.2, -0.15) is 5.10 Å². The van der Waals surface area contributed by atoms with Crippen molar-refractivity contribution in [2.45, 2.75) is 44.3 Å². The molecule has 1 aromatic rings. The van der Waals surface area contributed by atoms with Crippen molar-refractivity contribution in [1.82, 2.24) is 24.3 Å². The molecule has 150 valence electrons. The number of aryl methyl sites for hydroxylation is 1. The van der Waals surface area contributed by atoms with Crippen LogP contribution in [0.4, 0.5) is 0 Å². The lowest BCUT2D eigenvalue weighted by atomic mass is 9.72. The van der Waals surface area contributed by atoms with Gasteiger partial charge in [0, 0.05) is 63.5 Å². The Balaban J connectivity index is 1.55. The summed E-state index contributed by atoms with van der Waals surface area (Å²) < 4.78 is 27.8. The van der Waals surface area contributed by atoms with Gasteiger partial charge >= 0.3 is 0 Å². The minimum Gasteiger partial charge on any atom is -0.335 e. The third-order valence-electron chi connectivity index (χ3n) is 6.29. The fourth-order valence-electron chi connectivity index (χ4n) is 5.31. The van der Waals surface area contributed by atoms with Crippen molar-refractivity contribution in [1.29, 1.82) is 0 Å². The van der Waals surface area contributed by atoms with Crippen molar-refractivity contribution < 1.29 is 13.2 Å². The minimum absolute atomic E-state index is 0.0505. The monoisotopic (exact) mass is 395 g/mol. The van der Waals surface area contributed by atoms with Crippen molar-refractivity contribution in [3.8, 4) is 0 Å². The van der Waals surface area contributed by atoms with Crippen LogP contribution >= 0.6 is 0 Å². The summed E-state index contributed by atoms with van der Waals surface area (Å²) in [6, 6.07) is 0.191. The molecule has 3 aliphatic heterocycles. The van der Waals surface area contributed by atoms with Gasteiger partial charge in [0.1, 0.15) is 0 Å². The van der Waals surface area contributed by atoms with E-state index in [9.17, 15) is 13.2 Å². The molecule has 1 N–H and O–H groups in total. The molecular weight excluding hydrogens is 366 g/mol. The number of sulfonamides is 1. The number of carbonyl (C=O) groups is 1. The van der Waals surface area contributed by atoms with Crippen molar-refractivity contribution in [3.05, 3.63) is 18.0 Å². The summed E-state index contributed by atoms with van der Waals surface area (Å²) >= 11 is 0. The largest absolute Gasteiger partial charge is 0.335 e. The zero-order chi connectivity index (χ0) is 19.2. The molecule has 8 nitrogen and oxygen atoms in total. The highest BCUT2D eigenvalue weighted by Crippen LogP contribution is 2.41. The van der Waals surface area contributed by atoms with Crippen molar-refractivity contribution in [3.63, 3.8) is 0 Å². The molecule has 3 saturated heterocycles. The third-order valence-corrected chi connectivity index (χ3v) is 6.98. The number of hydrogen-bond donors (Lipinski definition) is 1. The summed E-state index contributed by atoms with van der Waals surface area (Å²) in [6.45, 7) is 3.05. The highest BCUT2D eigenvalue weighted by molar-refractivity contribution is 7.88. The van der Waals surface area contributed by atoms with E-state index in [0.717, 1.165) is 38.9 Å². The summed E-state index contributed by atoms with van der Waals surface area (Å²) in [4.78, 5) is 17.2. The fourth-order valence-corrected chi connectivity index (χ4v) is 5.79. The molecule has 0 aliphatic carbocycles. The number of nitrogens with zero attached hydrogens (tertiary/aromatic N) is 4. The van der Waals surface area contributed by atoms with E-state index in [0.29, 0.717) is 24.8 Å². The number of carbonyl (C=O) groups excluding carboxylic acids is 1. The van der Waals surface area contributed by atoms with Gasteiger partial charge in [0.25, 0.3) is 0 Å². The summed E-state index contributed by atoms with van der Waals surface area (Å²) in [6.07, 6.45) is 8.77. The van der Waals surface area contributed by atoms with Crippen LogP contribution < -0.4 is 4.72 Å². The topological polar surface area (TPSA) is 87.5 Å². The van der Waals surface area contributed by atoms with Crippen molar-refractivity contribution >= 4 is 15.9 Å². The molecule has 27 heavy (non-hydrogen) atoms. The van der Waals surface area contributed by atoms with E-state index < -0.39 is 10.0 Å². The van der Waals surface area contributed by atoms with Crippen LogP contribution in [0.15, 0.2) is 12.4 Å². The van der Waals surface area contributed by atoms with Gasteiger partial charge in [-0.05, 0) is 31.1 Å². The molecule has 9 heteroatoms. The Morgan fingerprint density at radius 1 is 1.30 bits per heavy atom. The average Bonchev–Trinajstić information content (AvgIpc) is 2.99. The quantitative estimate of drug-likeness (QED) is 0.768. The first-order chi connectivity index (χ1) is 12.8. The van der Waals surface area contributed by atoms with Crippen LogP contribution in [0.25, 0.3) is 0 Å². The molecule has 1 aromatic heterocycles. The van der Waals surface area contributed by atoms with E-state index in [-0.39, 0.29) is 18.0 Å². The minimum atomic E-state index is -3.28. The van der Waals surface area contributed by atoms with E-state index in [1.54, 1.807) is 0 Å². The maximum atomic E-state index is 12.7. The Bertz CT molecular complexity index is 808. The van der Waals surface area contributed by atoms with Crippen LogP contribution in [0.3, 0.4) is 0 Å². The summed E-state index contributed by atoms with van der Waals surface area (Å²) in [5.74, 6) is 0.967. The Kier molecular flexibility index (Phi) is 5.02. The second-order valence-electron chi connectivity index (χ2n) is 8.42. The summed E-state index contributed by atoms with van der Waals surface area (Å²) in [7, 11) is -1.35. The molecule has 0 radical (unpaired) electrons. The van der Waals surface area contributed by atoms with E-state index >= 15 is 0 Å². The first-order valence-electron chi connectivity index (χ1n) is 9.76. The summed E-state index contributed by atoms with van der Waals surface area (Å²) in [5, 5.41) is 4.26. The number of fused-ring (bicyclic) bond motifs is 4. The van der Waals surface area contributed by atoms with Gasteiger partial charge < -0.3 is 4.90 Å². The number of amides is 1. The highest BCUT2D eigenvalue weighted by atomic mass is 32.2. The predicted molar refractivity (Wildman–Crippen MR) is 101 cm³/mol. The van der Waals surface area contributed by atoms with Crippen LogP contribution in [0.5, 0.6) is 0 Å². The normalized spacial score (nSPS) is 31.8. The van der Waals surface area contributed by atoms with Gasteiger partial charge in [-0.3, -0.25) is 14.4 Å². The molecule has 3 aliphatic rings. The lowest BCUT2D eigenvalue weighted by molar-refractivity contribution is -0.152.